The maximum Gasteiger partial charge on any atom is 0.326 e. The van der Waals surface area contributed by atoms with Crippen LogP contribution in [0.15, 0.2) is 72.8 Å². The van der Waals surface area contributed by atoms with E-state index in [-0.39, 0.29) is 12.3 Å². The zero-order valence-electron chi connectivity index (χ0n) is 14.5. The minimum absolute atomic E-state index is 0.195. The summed E-state index contributed by atoms with van der Waals surface area (Å²) in [5.41, 5.74) is 1.32. The van der Waals surface area contributed by atoms with Crippen molar-refractivity contribution in [2.24, 2.45) is 0 Å². The predicted octanol–water partition coefficient (Wildman–Crippen LogP) is 3.53. The smallest absolute Gasteiger partial charge is 0.326 e. The summed E-state index contributed by atoms with van der Waals surface area (Å²) < 4.78 is 0. The van der Waals surface area contributed by atoms with E-state index in [9.17, 15) is 14.7 Å². The van der Waals surface area contributed by atoms with Crippen LogP contribution in [-0.4, -0.2) is 23.0 Å². The molecule has 0 saturated heterocycles. The van der Waals surface area contributed by atoms with Crippen molar-refractivity contribution in [3.63, 3.8) is 0 Å². The first kappa shape index (κ1) is 18.5. The molecular weight excluding hydrogens is 314 g/mol. The zero-order valence-corrected chi connectivity index (χ0v) is 14.5. The fraction of sp³-hybridized carbons (Fsp3) is 0.238. The molecule has 0 saturated carbocycles. The zero-order chi connectivity index (χ0) is 18.4. The lowest BCUT2D eigenvalue weighted by Crippen LogP contribution is -2.50. The number of rotatable bonds is 7. The lowest BCUT2D eigenvalue weighted by atomic mass is 9.75. The van der Waals surface area contributed by atoms with Gasteiger partial charge in [-0.1, -0.05) is 66.2 Å². The van der Waals surface area contributed by atoms with Gasteiger partial charge in [-0.05, 0) is 31.4 Å². The van der Waals surface area contributed by atoms with E-state index in [2.05, 4.69) is 11.9 Å². The number of hydrogen-bond donors (Lipinski definition) is 2. The molecule has 1 atom stereocenters. The highest BCUT2D eigenvalue weighted by molar-refractivity contribution is 5.94. The molecule has 0 aliphatic carbocycles. The van der Waals surface area contributed by atoms with Crippen molar-refractivity contribution >= 4 is 11.9 Å². The largest absolute Gasteiger partial charge is 0.480 e. The van der Waals surface area contributed by atoms with E-state index < -0.39 is 17.4 Å². The van der Waals surface area contributed by atoms with Gasteiger partial charge in [0.15, 0.2) is 0 Å². The van der Waals surface area contributed by atoms with Gasteiger partial charge < -0.3 is 10.4 Å². The second kappa shape index (κ2) is 7.79. The predicted molar refractivity (Wildman–Crippen MR) is 98.3 cm³/mol. The number of amides is 1. The number of benzene rings is 2. The Hall–Kier alpha value is -2.88. The highest BCUT2D eigenvalue weighted by Crippen LogP contribution is 2.32. The quantitative estimate of drug-likeness (QED) is 0.760. The van der Waals surface area contributed by atoms with E-state index in [1.165, 1.54) is 0 Å². The summed E-state index contributed by atoms with van der Waals surface area (Å²) in [5, 5.41) is 12.1. The van der Waals surface area contributed by atoms with Gasteiger partial charge in [-0.3, -0.25) is 4.79 Å². The van der Waals surface area contributed by atoms with Gasteiger partial charge in [0, 0.05) is 0 Å². The van der Waals surface area contributed by atoms with Crippen LogP contribution in [-0.2, 0) is 15.0 Å². The topological polar surface area (TPSA) is 66.4 Å². The Morgan fingerprint density at radius 2 is 1.48 bits per heavy atom. The molecule has 0 aliphatic rings. The lowest BCUT2D eigenvalue weighted by molar-refractivity contribution is -0.142. The molecular formula is C21H23NO3. The molecule has 4 nitrogen and oxygen atoms in total. The van der Waals surface area contributed by atoms with Crippen molar-refractivity contribution in [2.45, 2.75) is 31.7 Å². The Morgan fingerprint density at radius 3 is 1.84 bits per heavy atom. The highest BCUT2D eigenvalue weighted by atomic mass is 16.4. The molecule has 2 aromatic rings. The fourth-order valence-corrected chi connectivity index (χ4v) is 2.82. The molecule has 0 aromatic heterocycles. The minimum atomic E-state index is -1.07. The van der Waals surface area contributed by atoms with Crippen molar-refractivity contribution in [3.8, 4) is 0 Å². The van der Waals surface area contributed by atoms with Gasteiger partial charge in [0.25, 0.3) is 0 Å². The molecule has 0 fully saturated rings. The maximum atomic E-state index is 13.2. The molecule has 130 valence electrons. The molecule has 0 spiro atoms. The summed E-state index contributed by atoms with van der Waals surface area (Å²) in [4.78, 5) is 24.7. The number of aliphatic carboxylic acids is 1. The summed E-state index contributed by atoms with van der Waals surface area (Å²) >= 11 is 0. The van der Waals surface area contributed by atoms with E-state index in [1.54, 1.807) is 6.92 Å². The van der Waals surface area contributed by atoms with Crippen molar-refractivity contribution < 1.29 is 14.7 Å². The van der Waals surface area contributed by atoms with Gasteiger partial charge in [-0.25, -0.2) is 4.79 Å². The Bertz CT molecular complexity index is 714. The molecule has 0 radical (unpaired) electrons. The third kappa shape index (κ3) is 4.15. The molecule has 1 amide bonds. The van der Waals surface area contributed by atoms with Gasteiger partial charge >= 0.3 is 5.97 Å². The number of carboxylic acids is 1. The van der Waals surface area contributed by atoms with Crippen LogP contribution in [0.1, 0.15) is 31.4 Å². The average molecular weight is 337 g/mol. The Balaban J connectivity index is 2.44. The van der Waals surface area contributed by atoms with Crippen molar-refractivity contribution in [1.29, 1.82) is 0 Å². The normalized spacial score (nSPS) is 12.2. The van der Waals surface area contributed by atoms with Gasteiger partial charge in [0.05, 0.1) is 5.41 Å². The molecule has 2 rings (SSSR count). The summed E-state index contributed by atoms with van der Waals surface area (Å²) in [6.07, 6.45) is 0.195. The standard InChI is InChI=1S/C21H23NO3/c1-15(2)14-18(19(23)24)22-20(25)21(3,16-10-6-4-7-11-16)17-12-8-5-9-13-17/h4-13,18H,1,14H2,2-3H3,(H,22,25)(H,23,24)/t18-/m0/s1. The van der Waals surface area contributed by atoms with Crippen LogP contribution in [0, 0.1) is 0 Å². The van der Waals surface area contributed by atoms with Crippen LogP contribution >= 0.6 is 0 Å². The van der Waals surface area contributed by atoms with E-state index in [4.69, 9.17) is 0 Å². The Labute approximate surface area is 148 Å². The molecule has 2 aromatic carbocycles. The molecule has 4 heteroatoms. The van der Waals surface area contributed by atoms with Crippen molar-refractivity contribution in [2.75, 3.05) is 0 Å². The van der Waals surface area contributed by atoms with E-state index in [0.29, 0.717) is 5.57 Å². The molecule has 25 heavy (non-hydrogen) atoms. The number of nitrogens with one attached hydrogen (secondary N) is 1. The first-order valence-corrected chi connectivity index (χ1v) is 8.15. The maximum absolute atomic E-state index is 13.2. The van der Waals surface area contributed by atoms with Crippen LogP contribution in [0.2, 0.25) is 0 Å². The van der Waals surface area contributed by atoms with Crippen LogP contribution in [0.4, 0.5) is 0 Å². The third-order valence-electron chi connectivity index (χ3n) is 4.31. The van der Waals surface area contributed by atoms with Crippen LogP contribution in [0.3, 0.4) is 0 Å². The third-order valence-corrected chi connectivity index (χ3v) is 4.31. The van der Waals surface area contributed by atoms with Gasteiger partial charge in [-0.15, -0.1) is 6.58 Å². The minimum Gasteiger partial charge on any atom is -0.480 e. The van der Waals surface area contributed by atoms with Crippen LogP contribution in [0.25, 0.3) is 0 Å². The van der Waals surface area contributed by atoms with E-state index in [0.717, 1.165) is 11.1 Å². The SMILES string of the molecule is C=C(C)C[C@H](NC(=O)C(C)(c1ccccc1)c1ccccc1)C(=O)O. The summed E-state index contributed by atoms with van der Waals surface area (Å²) in [5.74, 6) is -1.42. The Morgan fingerprint density at radius 1 is 1.04 bits per heavy atom. The summed E-state index contributed by atoms with van der Waals surface area (Å²) in [6, 6.07) is 17.7. The van der Waals surface area contributed by atoms with Gasteiger partial charge in [-0.2, -0.15) is 0 Å². The molecule has 0 heterocycles. The van der Waals surface area contributed by atoms with Crippen LogP contribution < -0.4 is 5.32 Å². The average Bonchev–Trinajstić information content (AvgIpc) is 2.61. The van der Waals surface area contributed by atoms with Crippen molar-refractivity contribution in [3.05, 3.63) is 83.9 Å². The first-order chi connectivity index (χ1) is 11.9. The van der Waals surface area contributed by atoms with E-state index >= 15 is 0 Å². The second-order valence-electron chi connectivity index (χ2n) is 6.38. The number of carboxylic acid groups (broad SMARTS) is 1. The number of hydrogen-bond acceptors (Lipinski definition) is 2. The first-order valence-electron chi connectivity index (χ1n) is 8.15. The summed E-state index contributed by atoms with van der Waals surface area (Å²) in [6.45, 7) is 7.31. The molecule has 2 N–H and O–H groups in total. The molecule has 0 unspecified atom stereocenters. The van der Waals surface area contributed by atoms with Crippen LogP contribution in [0.5, 0.6) is 0 Å². The van der Waals surface area contributed by atoms with Gasteiger partial charge in [0.2, 0.25) is 5.91 Å². The monoisotopic (exact) mass is 337 g/mol. The number of carbonyl (C=O) groups excluding carboxylic acids is 1. The van der Waals surface area contributed by atoms with Crippen molar-refractivity contribution in [1.82, 2.24) is 5.32 Å². The van der Waals surface area contributed by atoms with E-state index in [1.807, 2.05) is 67.6 Å². The second-order valence-corrected chi connectivity index (χ2v) is 6.38. The summed E-state index contributed by atoms with van der Waals surface area (Å²) in [7, 11) is 0. The van der Waals surface area contributed by atoms with Gasteiger partial charge in [0.1, 0.15) is 6.04 Å². The molecule has 0 bridgehead atoms. The molecule has 0 aliphatic heterocycles. The number of carbonyl (C=O) groups is 2. The lowest BCUT2D eigenvalue weighted by Gasteiger charge is -2.31. The highest BCUT2D eigenvalue weighted by Gasteiger charge is 2.38. The Kier molecular flexibility index (Phi) is 5.75. The fourth-order valence-electron chi connectivity index (χ4n) is 2.82.